The standard InChI is InChI=1S/C22H33N3O4S2/c1-13(2)17-9-16(11-29-7)24-21(14(3)4)18(17)10-19(26)25-31(23,28)20-8-15(12-30-20)22(5,6)27/h8-9,12-14,27H,10-11H2,1-7H3,(H2,23,25,26,28). The Kier molecular flexibility index (Phi) is 8.15. The summed E-state index contributed by atoms with van der Waals surface area (Å²) in [5.74, 6) is -0.311. The van der Waals surface area contributed by atoms with Crippen LogP contribution in [-0.2, 0) is 38.1 Å². The fourth-order valence-electron chi connectivity index (χ4n) is 3.25. The van der Waals surface area contributed by atoms with Gasteiger partial charge in [-0.2, -0.15) is 0 Å². The van der Waals surface area contributed by atoms with Gasteiger partial charge in [-0.3, -0.25) is 9.78 Å². The van der Waals surface area contributed by atoms with E-state index in [9.17, 15) is 14.1 Å². The van der Waals surface area contributed by atoms with Crippen molar-refractivity contribution in [1.82, 2.24) is 4.98 Å². The molecule has 0 radical (unpaired) electrons. The van der Waals surface area contributed by atoms with Crippen LogP contribution in [0.3, 0.4) is 0 Å². The number of nitrogens with zero attached hydrogens (tertiary/aromatic N) is 2. The van der Waals surface area contributed by atoms with Gasteiger partial charge in [-0.25, -0.2) is 9.35 Å². The molecule has 0 aliphatic heterocycles. The highest BCUT2D eigenvalue weighted by molar-refractivity contribution is 7.93. The number of ether oxygens (including phenoxy) is 1. The summed E-state index contributed by atoms with van der Waals surface area (Å²) in [6.45, 7) is 11.8. The van der Waals surface area contributed by atoms with E-state index in [0.29, 0.717) is 12.2 Å². The van der Waals surface area contributed by atoms with Gasteiger partial charge in [0, 0.05) is 12.8 Å². The van der Waals surface area contributed by atoms with Crippen LogP contribution >= 0.6 is 11.3 Å². The second kappa shape index (κ2) is 9.87. The molecule has 3 N–H and O–H groups in total. The lowest BCUT2D eigenvalue weighted by molar-refractivity contribution is -0.117. The van der Waals surface area contributed by atoms with Gasteiger partial charge in [0.15, 0.2) is 9.92 Å². The van der Waals surface area contributed by atoms with Gasteiger partial charge in [0.2, 0.25) is 0 Å². The number of carbonyl (C=O) groups is 1. The number of methoxy groups -OCH3 is 1. The molecule has 1 unspecified atom stereocenters. The van der Waals surface area contributed by atoms with Gasteiger partial charge in [-0.05, 0) is 59.9 Å². The van der Waals surface area contributed by atoms with E-state index in [2.05, 4.69) is 18.2 Å². The van der Waals surface area contributed by atoms with Crippen LogP contribution in [0.5, 0.6) is 0 Å². The Morgan fingerprint density at radius 3 is 2.42 bits per heavy atom. The van der Waals surface area contributed by atoms with Crippen LogP contribution in [0.2, 0.25) is 0 Å². The maximum Gasteiger partial charge on any atom is 0.259 e. The third-order valence-corrected chi connectivity index (χ3v) is 7.74. The monoisotopic (exact) mass is 467 g/mol. The number of pyridine rings is 1. The molecule has 172 valence electrons. The first kappa shape index (κ1) is 25.6. The van der Waals surface area contributed by atoms with E-state index >= 15 is 0 Å². The Hall–Kier alpha value is -1.65. The Balaban J connectivity index is 2.46. The molecule has 0 aromatic carbocycles. The average Bonchev–Trinajstić information content (AvgIpc) is 3.13. The first-order valence-electron chi connectivity index (χ1n) is 10.2. The molecule has 0 aliphatic carbocycles. The van der Waals surface area contributed by atoms with Crippen molar-refractivity contribution in [2.24, 2.45) is 9.50 Å². The van der Waals surface area contributed by atoms with Crippen LogP contribution in [0.25, 0.3) is 0 Å². The number of hydrogen-bond acceptors (Lipinski definition) is 6. The molecule has 2 aromatic rings. The lowest BCUT2D eigenvalue weighted by Gasteiger charge is -2.20. The Bertz CT molecular complexity index is 1030. The lowest BCUT2D eigenvalue weighted by Crippen LogP contribution is -2.17. The molecule has 1 amide bonds. The molecule has 0 saturated carbocycles. The maximum atomic E-state index is 13.0. The van der Waals surface area contributed by atoms with E-state index < -0.39 is 21.4 Å². The normalized spacial score (nSPS) is 14.2. The Morgan fingerprint density at radius 2 is 1.94 bits per heavy atom. The summed E-state index contributed by atoms with van der Waals surface area (Å²) in [6, 6.07) is 3.50. The van der Waals surface area contributed by atoms with Crippen molar-refractivity contribution < 1.29 is 18.8 Å². The lowest BCUT2D eigenvalue weighted by atomic mass is 9.90. The number of nitrogens with two attached hydrogens (primary N) is 1. The van der Waals surface area contributed by atoms with Crippen LogP contribution in [0.1, 0.15) is 81.5 Å². The third-order valence-electron chi connectivity index (χ3n) is 4.84. The summed E-state index contributed by atoms with van der Waals surface area (Å²) < 4.78 is 22.4. The number of amides is 1. The van der Waals surface area contributed by atoms with Gasteiger partial charge in [0.25, 0.3) is 5.91 Å². The van der Waals surface area contributed by atoms with Crippen LogP contribution in [0, 0.1) is 0 Å². The molecule has 0 fully saturated rings. The van der Waals surface area contributed by atoms with Crippen molar-refractivity contribution in [3.05, 3.63) is 45.6 Å². The molecular formula is C22H33N3O4S2. The van der Waals surface area contributed by atoms with E-state index in [-0.39, 0.29) is 22.5 Å². The largest absolute Gasteiger partial charge is 0.386 e. The predicted octanol–water partition coefficient (Wildman–Crippen LogP) is 4.23. The van der Waals surface area contributed by atoms with E-state index in [1.54, 1.807) is 32.4 Å². The van der Waals surface area contributed by atoms with Crippen LogP contribution < -0.4 is 5.14 Å². The summed E-state index contributed by atoms with van der Waals surface area (Å²) in [6.07, 6.45) is -0.0286. The molecule has 9 heteroatoms. The summed E-state index contributed by atoms with van der Waals surface area (Å²) in [7, 11) is -1.79. The van der Waals surface area contributed by atoms with Crippen LogP contribution in [0.4, 0.5) is 0 Å². The summed E-state index contributed by atoms with van der Waals surface area (Å²) in [5, 5.41) is 17.8. The smallest absolute Gasteiger partial charge is 0.259 e. The molecule has 0 bridgehead atoms. The minimum atomic E-state index is -3.41. The zero-order valence-corrected chi connectivity index (χ0v) is 20.9. The molecule has 1 atom stereocenters. The second-order valence-electron chi connectivity index (χ2n) is 8.75. The minimum absolute atomic E-state index is 0.0286. The SMILES string of the molecule is COCc1cc(C(C)C)c(CC(=O)N=S(N)(=O)c2cc(C(C)(C)O)cs2)c(C(C)C)n1. The number of aliphatic hydroxyl groups is 1. The van der Waals surface area contributed by atoms with Crippen molar-refractivity contribution in [3.63, 3.8) is 0 Å². The Labute approximate surface area is 189 Å². The maximum absolute atomic E-state index is 13.0. The van der Waals surface area contributed by atoms with Crippen molar-refractivity contribution in [3.8, 4) is 0 Å². The average molecular weight is 468 g/mol. The van der Waals surface area contributed by atoms with E-state index in [4.69, 9.17) is 14.9 Å². The number of thiophene rings is 1. The molecule has 0 aliphatic rings. The highest BCUT2D eigenvalue weighted by Gasteiger charge is 2.23. The molecule has 0 spiro atoms. The van der Waals surface area contributed by atoms with Gasteiger partial charge < -0.3 is 9.84 Å². The molecule has 2 rings (SSSR count). The van der Waals surface area contributed by atoms with Gasteiger partial charge in [0.1, 0.15) is 4.21 Å². The first-order valence-corrected chi connectivity index (χ1v) is 12.6. The quantitative estimate of drug-likeness (QED) is 0.603. The fraction of sp³-hybridized carbons (Fsp3) is 0.545. The number of carbonyl (C=O) groups excluding carboxylic acids is 1. The molecule has 0 saturated heterocycles. The molecule has 2 heterocycles. The number of rotatable bonds is 8. The highest BCUT2D eigenvalue weighted by atomic mass is 32.2. The zero-order valence-electron chi connectivity index (χ0n) is 19.3. The van der Waals surface area contributed by atoms with Gasteiger partial charge in [0.05, 0.1) is 24.3 Å². The van der Waals surface area contributed by atoms with Crippen LogP contribution in [-0.4, -0.2) is 27.3 Å². The van der Waals surface area contributed by atoms with Crippen molar-refractivity contribution in [1.29, 1.82) is 0 Å². The van der Waals surface area contributed by atoms with E-state index in [1.807, 2.05) is 19.9 Å². The summed E-state index contributed by atoms with van der Waals surface area (Å²) in [5.41, 5.74) is 2.91. The molecule has 2 aromatic heterocycles. The number of hydrogen-bond donors (Lipinski definition) is 2. The third kappa shape index (κ3) is 6.43. The minimum Gasteiger partial charge on any atom is -0.386 e. The highest BCUT2D eigenvalue weighted by Crippen LogP contribution is 2.30. The first-order chi connectivity index (χ1) is 14.3. The predicted molar refractivity (Wildman–Crippen MR) is 124 cm³/mol. The van der Waals surface area contributed by atoms with Crippen molar-refractivity contribution in [2.75, 3.05) is 7.11 Å². The van der Waals surface area contributed by atoms with Gasteiger partial charge in [-0.15, -0.1) is 15.7 Å². The number of aromatic nitrogens is 1. The van der Waals surface area contributed by atoms with Crippen molar-refractivity contribution >= 4 is 27.2 Å². The van der Waals surface area contributed by atoms with Crippen LogP contribution in [0.15, 0.2) is 26.1 Å². The summed E-state index contributed by atoms with van der Waals surface area (Å²) >= 11 is 1.12. The van der Waals surface area contributed by atoms with Crippen molar-refractivity contribution in [2.45, 2.75) is 76.2 Å². The van der Waals surface area contributed by atoms with E-state index in [1.165, 1.54) is 0 Å². The second-order valence-corrected chi connectivity index (χ2v) is 11.7. The molecule has 31 heavy (non-hydrogen) atoms. The zero-order chi connectivity index (χ0) is 23.6. The fourth-order valence-corrected chi connectivity index (χ4v) is 5.60. The van der Waals surface area contributed by atoms with Gasteiger partial charge in [-0.1, -0.05) is 27.7 Å². The van der Waals surface area contributed by atoms with E-state index in [0.717, 1.165) is 33.9 Å². The Morgan fingerprint density at radius 1 is 1.29 bits per heavy atom. The summed E-state index contributed by atoms with van der Waals surface area (Å²) in [4.78, 5) is 17.5. The molecular weight excluding hydrogens is 434 g/mol. The topological polar surface area (TPSA) is 115 Å². The van der Waals surface area contributed by atoms with Gasteiger partial charge >= 0.3 is 0 Å². The molecule has 7 nitrogen and oxygen atoms in total.